The normalized spacial score (nSPS) is 20.0. The summed E-state index contributed by atoms with van der Waals surface area (Å²) in [6.45, 7) is 4.97. The molecule has 1 aromatic carbocycles. The highest BCUT2D eigenvalue weighted by Gasteiger charge is 2.39. The van der Waals surface area contributed by atoms with Crippen LogP contribution in [0, 0.1) is 11.3 Å². The van der Waals surface area contributed by atoms with Gasteiger partial charge in [0.2, 0.25) is 5.91 Å². The molecular weight excluding hydrogens is 389 g/mol. The van der Waals surface area contributed by atoms with Crippen molar-refractivity contribution in [3.05, 3.63) is 30.0 Å². The molecule has 0 bridgehead atoms. The van der Waals surface area contributed by atoms with E-state index in [9.17, 15) is 19.2 Å². The fraction of sp³-hybridized carbons (Fsp3) is 0.476. The lowest BCUT2D eigenvalue weighted by Gasteiger charge is -2.27. The largest absolute Gasteiger partial charge is 0.444 e. The zero-order valence-electron chi connectivity index (χ0n) is 17.2. The van der Waals surface area contributed by atoms with E-state index >= 15 is 0 Å². The van der Waals surface area contributed by atoms with E-state index in [1.54, 1.807) is 39.1 Å². The predicted octanol–water partition coefficient (Wildman–Crippen LogP) is 2.65. The number of hydrogen-bond acceptors (Lipinski definition) is 5. The minimum absolute atomic E-state index is 0.0367. The lowest BCUT2D eigenvalue weighted by molar-refractivity contribution is -0.133. The minimum atomic E-state index is -1.27. The van der Waals surface area contributed by atoms with Gasteiger partial charge in [-0.15, -0.1) is 0 Å². The van der Waals surface area contributed by atoms with Crippen molar-refractivity contribution in [2.45, 2.75) is 57.5 Å². The summed E-state index contributed by atoms with van der Waals surface area (Å²) >= 11 is 0. The Balaban J connectivity index is 1.88. The number of aromatic nitrogens is 1. The van der Waals surface area contributed by atoms with Gasteiger partial charge in [-0.2, -0.15) is 5.26 Å². The Morgan fingerprint density at radius 3 is 2.87 bits per heavy atom. The molecule has 2 heterocycles. The van der Waals surface area contributed by atoms with Crippen LogP contribution in [0.4, 0.5) is 14.9 Å². The first-order chi connectivity index (χ1) is 14.1. The summed E-state index contributed by atoms with van der Waals surface area (Å²) in [4.78, 5) is 29.9. The maximum atomic E-state index is 13.9. The number of alkyl carbamates (subject to hydrolysis) is 1. The Morgan fingerprint density at radius 2 is 2.20 bits per heavy atom. The number of nitrogens with zero attached hydrogens (tertiary/aromatic N) is 2. The van der Waals surface area contributed by atoms with Gasteiger partial charge >= 0.3 is 6.09 Å². The molecule has 4 N–H and O–H groups in total. The maximum Gasteiger partial charge on any atom is 0.408 e. The smallest absolute Gasteiger partial charge is 0.408 e. The number of benzene rings is 1. The summed E-state index contributed by atoms with van der Waals surface area (Å²) in [5.41, 5.74) is 7.30. The monoisotopic (exact) mass is 415 g/mol. The molecule has 8 nitrogen and oxygen atoms in total. The number of ether oxygens (including phenoxy) is 1. The van der Waals surface area contributed by atoms with Gasteiger partial charge in [-0.3, -0.25) is 4.79 Å². The minimum Gasteiger partial charge on any atom is -0.444 e. The average Bonchev–Trinajstić information content (AvgIpc) is 3.22. The Morgan fingerprint density at radius 1 is 1.47 bits per heavy atom. The third kappa shape index (κ3) is 4.82. The molecule has 160 valence electrons. The summed E-state index contributed by atoms with van der Waals surface area (Å²) in [7, 11) is 0. The Hall–Kier alpha value is -3.28. The van der Waals surface area contributed by atoms with Gasteiger partial charge in [-0.25, -0.2) is 9.18 Å². The molecule has 2 amide bonds. The molecule has 1 saturated heterocycles. The van der Waals surface area contributed by atoms with Gasteiger partial charge in [0, 0.05) is 35.6 Å². The third-order valence-corrected chi connectivity index (χ3v) is 4.89. The molecule has 3 atom stereocenters. The van der Waals surface area contributed by atoms with Crippen LogP contribution in [0.1, 0.15) is 32.8 Å². The van der Waals surface area contributed by atoms with Crippen molar-refractivity contribution in [1.82, 2.24) is 15.2 Å². The van der Waals surface area contributed by atoms with Crippen molar-refractivity contribution < 1.29 is 18.7 Å². The average molecular weight is 415 g/mol. The highest BCUT2D eigenvalue weighted by Crippen LogP contribution is 2.25. The van der Waals surface area contributed by atoms with Gasteiger partial charge in [0.1, 0.15) is 23.9 Å². The summed E-state index contributed by atoms with van der Waals surface area (Å²) in [6.07, 6.45) is -0.193. The van der Waals surface area contributed by atoms with Gasteiger partial charge in [0.05, 0.1) is 12.6 Å². The van der Waals surface area contributed by atoms with Gasteiger partial charge in [0.25, 0.3) is 0 Å². The highest BCUT2D eigenvalue weighted by atomic mass is 19.1. The second-order valence-electron chi connectivity index (χ2n) is 8.49. The van der Waals surface area contributed by atoms with Crippen molar-refractivity contribution in [1.29, 1.82) is 5.26 Å². The van der Waals surface area contributed by atoms with Crippen molar-refractivity contribution in [3.8, 4) is 6.07 Å². The molecule has 1 unspecified atom stereocenters. The SMILES string of the molecule is CC(C)(C)OC(=O)N[C@@H](Cc1c[nH]c2ccc(N)cc12)C(=O)N1CC(F)C[C@H]1C#N. The predicted molar refractivity (Wildman–Crippen MR) is 110 cm³/mol. The number of hydrogen-bond donors (Lipinski definition) is 3. The van der Waals surface area contributed by atoms with Crippen molar-refractivity contribution >= 4 is 28.6 Å². The van der Waals surface area contributed by atoms with Crippen LogP contribution in [-0.2, 0) is 16.0 Å². The number of nitrogen functional groups attached to an aromatic ring is 1. The number of rotatable bonds is 4. The number of carbonyl (C=O) groups excluding carboxylic acids is 2. The Kier molecular flexibility index (Phi) is 5.87. The van der Waals surface area contributed by atoms with Crippen LogP contribution >= 0.6 is 0 Å². The molecular formula is C21H26FN5O3. The van der Waals surface area contributed by atoms with Gasteiger partial charge in [-0.1, -0.05) is 0 Å². The van der Waals surface area contributed by atoms with Crippen LogP contribution in [-0.4, -0.2) is 52.3 Å². The number of nitrogens with two attached hydrogens (primary N) is 1. The number of nitrogens with one attached hydrogen (secondary N) is 2. The zero-order valence-corrected chi connectivity index (χ0v) is 17.2. The Bertz CT molecular complexity index is 991. The molecule has 0 aliphatic carbocycles. The lowest BCUT2D eigenvalue weighted by Crippen LogP contribution is -2.52. The zero-order chi connectivity index (χ0) is 22.1. The summed E-state index contributed by atoms with van der Waals surface area (Å²) in [5.74, 6) is -0.522. The first-order valence-electron chi connectivity index (χ1n) is 9.76. The molecule has 1 fully saturated rings. The molecule has 3 rings (SSSR count). The number of anilines is 1. The van der Waals surface area contributed by atoms with E-state index in [-0.39, 0.29) is 19.4 Å². The van der Waals surface area contributed by atoms with Crippen molar-refractivity contribution in [3.63, 3.8) is 0 Å². The van der Waals surface area contributed by atoms with Gasteiger partial charge in [-0.05, 0) is 44.5 Å². The van der Waals surface area contributed by atoms with E-state index < -0.39 is 35.9 Å². The molecule has 0 spiro atoms. The quantitative estimate of drug-likeness (QED) is 0.662. The molecule has 1 aromatic heterocycles. The number of fused-ring (bicyclic) bond motifs is 1. The number of H-pyrrole nitrogens is 1. The second kappa shape index (κ2) is 8.22. The van der Waals surface area contributed by atoms with E-state index in [0.717, 1.165) is 16.5 Å². The number of halogens is 1. The summed E-state index contributed by atoms with van der Waals surface area (Å²) in [6, 6.07) is 5.44. The van der Waals surface area contributed by atoms with E-state index in [1.807, 2.05) is 12.1 Å². The molecule has 2 aromatic rings. The van der Waals surface area contributed by atoms with Crippen LogP contribution in [0.15, 0.2) is 24.4 Å². The van der Waals surface area contributed by atoms with E-state index in [1.165, 1.54) is 4.90 Å². The number of likely N-dealkylation sites (tertiary alicyclic amines) is 1. The first kappa shape index (κ1) is 21.4. The molecule has 1 aliphatic rings. The third-order valence-electron chi connectivity index (χ3n) is 4.89. The van der Waals surface area contributed by atoms with Crippen molar-refractivity contribution in [2.24, 2.45) is 0 Å². The number of aromatic amines is 1. The standard InChI is InChI=1S/C21H26FN5O3/c1-21(2,3)30-20(29)26-18(19(28)27-11-13(22)7-15(27)9-23)6-12-10-25-17-5-4-14(24)8-16(12)17/h4-5,8,10,13,15,18,25H,6-7,11,24H2,1-3H3,(H,26,29)/t13?,15-,18-/m0/s1. The molecule has 1 aliphatic heterocycles. The molecule has 9 heteroatoms. The first-order valence-corrected chi connectivity index (χ1v) is 9.76. The fourth-order valence-corrected chi connectivity index (χ4v) is 3.59. The highest BCUT2D eigenvalue weighted by molar-refractivity contribution is 5.90. The molecule has 0 saturated carbocycles. The van der Waals surface area contributed by atoms with Crippen LogP contribution in [0.5, 0.6) is 0 Å². The molecule has 0 radical (unpaired) electrons. The summed E-state index contributed by atoms with van der Waals surface area (Å²) in [5, 5.41) is 12.7. The fourth-order valence-electron chi connectivity index (χ4n) is 3.59. The number of amides is 2. The van der Waals surface area contributed by atoms with Crippen LogP contribution < -0.4 is 11.1 Å². The van der Waals surface area contributed by atoms with E-state index in [0.29, 0.717) is 5.69 Å². The van der Waals surface area contributed by atoms with Crippen LogP contribution in [0.25, 0.3) is 10.9 Å². The summed E-state index contributed by atoms with van der Waals surface area (Å²) < 4.78 is 19.2. The molecule has 30 heavy (non-hydrogen) atoms. The lowest BCUT2D eigenvalue weighted by atomic mass is 10.0. The maximum absolute atomic E-state index is 13.9. The topological polar surface area (TPSA) is 124 Å². The van der Waals surface area contributed by atoms with Crippen molar-refractivity contribution in [2.75, 3.05) is 12.3 Å². The Labute approximate surface area is 174 Å². The number of alkyl halides is 1. The number of carbonyl (C=O) groups is 2. The van der Waals surface area contributed by atoms with E-state index in [2.05, 4.69) is 10.3 Å². The van der Waals surface area contributed by atoms with E-state index in [4.69, 9.17) is 10.5 Å². The van der Waals surface area contributed by atoms with Gasteiger partial charge in [0.15, 0.2) is 0 Å². The van der Waals surface area contributed by atoms with Gasteiger partial charge < -0.3 is 25.7 Å². The number of nitriles is 1. The van der Waals surface area contributed by atoms with Crippen LogP contribution in [0.2, 0.25) is 0 Å². The second-order valence-corrected chi connectivity index (χ2v) is 8.49. The van der Waals surface area contributed by atoms with Crippen LogP contribution in [0.3, 0.4) is 0 Å².